The lowest BCUT2D eigenvalue weighted by Crippen LogP contribution is -2.51. The van der Waals surface area contributed by atoms with Gasteiger partial charge in [-0.1, -0.05) is 15.9 Å². The van der Waals surface area contributed by atoms with E-state index < -0.39 is 12.0 Å². The average molecular weight is 421 g/mol. The molecule has 0 aliphatic carbocycles. The van der Waals surface area contributed by atoms with Crippen LogP contribution in [-0.2, 0) is 4.79 Å². The lowest BCUT2D eigenvalue weighted by molar-refractivity contribution is -0.123. The lowest BCUT2D eigenvalue weighted by atomic mass is 10.2. The number of hydrogen-bond acceptors (Lipinski definition) is 3. The zero-order valence-electron chi connectivity index (χ0n) is 10.7. The van der Waals surface area contributed by atoms with E-state index in [1.807, 2.05) is 0 Å². The molecule has 0 unspecified atom stereocenters. The number of hydrogen-bond donors (Lipinski definition) is 3. The molecule has 0 atom stereocenters. The van der Waals surface area contributed by atoms with Crippen molar-refractivity contribution in [3.63, 3.8) is 0 Å². The minimum atomic E-state index is -1.16. The van der Waals surface area contributed by atoms with Gasteiger partial charge in [-0.2, -0.15) is 0 Å². The summed E-state index contributed by atoms with van der Waals surface area (Å²) in [5.41, 5.74) is 0.104. The molecule has 0 spiro atoms. The van der Waals surface area contributed by atoms with Gasteiger partial charge in [-0.25, -0.2) is 9.59 Å². The van der Waals surface area contributed by atoms with Crippen LogP contribution >= 0.6 is 31.9 Å². The Balaban J connectivity index is 2.24. The standard InChI is InChI=1S/C12H11Br2N3O4/c13-6-3-7(11(19)20)10(8(14)4-6)16-12(21)17-2-1-15-9(18)5-17/h3-4H,1-2,5H2,(H,15,18)(H,16,21)(H,19,20). The minimum absolute atomic E-state index is 0.0499. The first-order valence-corrected chi connectivity index (χ1v) is 7.52. The Bertz CT molecular complexity index is 621. The highest BCUT2D eigenvalue weighted by atomic mass is 79.9. The van der Waals surface area contributed by atoms with Crippen LogP contribution in [-0.4, -0.2) is 47.5 Å². The molecule has 3 N–H and O–H groups in total. The van der Waals surface area contributed by atoms with Crippen molar-refractivity contribution in [1.29, 1.82) is 0 Å². The van der Waals surface area contributed by atoms with Gasteiger partial charge in [0.25, 0.3) is 0 Å². The number of amides is 3. The number of carbonyl (C=O) groups is 3. The van der Waals surface area contributed by atoms with Crippen molar-refractivity contribution in [2.45, 2.75) is 0 Å². The van der Waals surface area contributed by atoms with E-state index in [4.69, 9.17) is 0 Å². The van der Waals surface area contributed by atoms with Crippen LogP contribution in [0.4, 0.5) is 10.5 Å². The minimum Gasteiger partial charge on any atom is -0.478 e. The maximum absolute atomic E-state index is 12.1. The number of anilines is 1. The highest BCUT2D eigenvalue weighted by molar-refractivity contribution is 9.11. The zero-order valence-corrected chi connectivity index (χ0v) is 13.8. The van der Waals surface area contributed by atoms with Crippen LogP contribution in [0.3, 0.4) is 0 Å². The predicted octanol–water partition coefficient (Wildman–Crippen LogP) is 1.87. The number of aromatic carboxylic acids is 1. The molecule has 3 amide bonds. The van der Waals surface area contributed by atoms with Crippen LogP contribution < -0.4 is 10.6 Å². The molecule has 112 valence electrons. The summed E-state index contributed by atoms with van der Waals surface area (Å²) in [5, 5.41) is 14.4. The molecule has 1 aliphatic heterocycles. The van der Waals surface area contributed by atoms with Crippen LogP contribution in [0.15, 0.2) is 21.1 Å². The summed E-state index contributed by atoms with van der Waals surface area (Å²) in [6, 6.07) is 2.51. The van der Waals surface area contributed by atoms with Gasteiger partial charge in [-0.05, 0) is 28.1 Å². The molecule has 9 heteroatoms. The first-order chi connectivity index (χ1) is 9.88. The number of carboxylic acids is 1. The Morgan fingerprint density at radius 1 is 1.33 bits per heavy atom. The van der Waals surface area contributed by atoms with E-state index in [2.05, 4.69) is 42.5 Å². The molecule has 0 saturated carbocycles. The summed E-state index contributed by atoms with van der Waals surface area (Å²) in [6.45, 7) is 0.691. The number of benzene rings is 1. The van der Waals surface area contributed by atoms with E-state index >= 15 is 0 Å². The van der Waals surface area contributed by atoms with Crippen LogP contribution in [0.25, 0.3) is 0 Å². The molecule has 1 aromatic carbocycles. The van der Waals surface area contributed by atoms with Crippen molar-refractivity contribution >= 4 is 55.5 Å². The second kappa shape index (κ2) is 6.44. The number of halogens is 2. The molecule has 0 bridgehead atoms. The number of piperazine rings is 1. The molecule has 7 nitrogen and oxygen atoms in total. The summed E-state index contributed by atoms with van der Waals surface area (Å²) in [7, 11) is 0. The van der Waals surface area contributed by atoms with Gasteiger partial charge < -0.3 is 20.6 Å². The fourth-order valence-corrected chi connectivity index (χ4v) is 3.19. The highest BCUT2D eigenvalue weighted by Gasteiger charge is 2.23. The Labute approximate surface area is 136 Å². The SMILES string of the molecule is O=C1CN(C(=O)Nc2c(Br)cc(Br)cc2C(=O)O)CCN1. The van der Waals surface area contributed by atoms with E-state index in [0.29, 0.717) is 22.0 Å². The van der Waals surface area contributed by atoms with Crippen LogP contribution in [0, 0.1) is 0 Å². The fraction of sp³-hybridized carbons (Fsp3) is 0.250. The van der Waals surface area contributed by atoms with Gasteiger partial charge in [-0.15, -0.1) is 0 Å². The van der Waals surface area contributed by atoms with E-state index in [0.717, 1.165) is 0 Å². The third kappa shape index (κ3) is 3.73. The number of nitrogens with one attached hydrogen (secondary N) is 2. The maximum atomic E-state index is 12.1. The van der Waals surface area contributed by atoms with Crippen molar-refractivity contribution in [2.24, 2.45) is 0 Å². The van der Waals surface area contributed by atoms with Crippen molar-refractivity contribution in [1.82, 2.24) is 10.2 Å². The molecule has 1 fully saturated rings. The van der Waals surface area contributed by atoms with E-state index in [9.17, 15) is 19.5 Å². The van der Waals surface area contributed by atoms with Gasteiger partial charge >= 0.3 is 12.0 Å². The molecule has 1 aliphatic rings. The highest BCUT2D eigenvalue weighted by Crippen LogP contribution is 2.31. The lowest BCUT2D eigenvalue weighted by Gasteiger charge is -2.27. The molecule has 0 radical (unpaired) electrons. The number of urea groups is 1. The topological polar surface area (TPSA) is 98.7 Å². The third-order valence-electron chi connectivity index (χ3n) is 2.84. The summed E-state index contributed by atoms with van der Waals surface area (Å²) in [6.07, 6.45) is 0. The van der Waals surface area contributed by atoms with Gasteiger partial charge in [0.1, 0.15) is 6.54 Å². The maximum Gasteiger partial charge on any atom is 0.337 e. The monoisotopic (exact) mass is 419 g/mol. The van der Waals surface area contributed by atoms with Crippen molar-refractivity contribution in [3.05, 3.63) is 26.6 Å². The molecule has 1 saturated heterocycles. The third-order valence-corrected chi connectivity index (χ3v) is 3.93. The van der Waals surface area contributed by atoms with Crippen molar-refractivity contribution in [3.8, 4) is 0 Å². The Morgan fingerprint density at radius 3 is 2.67 bits per heavy atom. The zero-order chi connectivity index (χ0) is 15.6. The van der Waals surface area contributed by atoms with E-state index in [1.165, 1.54) is 11.0 Å². The molecular formula is C12H11Br2N3O4. The van der Waals surface area contributed by atoms with Crippen LogP contribution in [0.2, 0.25) is 0 Å². The summed E-state index contributed by atoms with van der Waals surface area (Å²) in [5.74, 6) is -1.41. The van der Waals surface area contributed by atoms with Crippen LogP contribution in [0.1, 0.15) is 10.4 Å². The predicted molar refractivity (Wildman–Crippen MR) is 82.4 cm³/mol. The van der Waals surface area contributed by atoms with Gasteiger partial charge in [0, 0.05) is 22.0 Å². The smallest absolute Gasteiger partial charge is 0.337 e. The summed E-state index contributed by atoms with van der Waals surface area (Å²) in [4.78, 5) is 36.0. The largest absolute Gasteiger partial charge is 0.478 e. The fourth-order valence-electron chi connectivity index (χ4n) is 1.87. The molecule has 2 rings (SSSR count). The summed E-state index contributed by atoms with van der Waals surface area (Å²) >= 11 is 6.42. The van der Waals surface area contributed by atoms with Gasteiger partial charge in [0.05, 0.1) is 11.3 Å². The molecule has 1 heterocycles. The molecule has 0 aromatic heterocycles. The van der Waals surface area contributed by atoms with Crippen molar-refractivity contribution < 1.29 is 19.5 Å². The van der Waals surface area contributed by atoms with Crippen LogP contribution in [0.5, 0.6) is 0 Å². The van der Waals surface area contributed by atoms with E-state index in [-0.39, 0.29) is 23.7 Å². The Kier molecular flexibility index (Phi) is 4.84. The molecular weight excluding hydrogens is 410 g/mol. The first-order valence-electron chi connectivity index (χ1n) is 5.93. The average Bonchev–Trinajstić information content (AvgIpc) is 2.41. The summed E-state index contributed by atoms with van der Waals surface area (Å²) < 4.78 is 1.01. The first kappa shape index (κ1) is 15.8. The molecule has 1 aromatic rings. The second-order valence-electron chi connectivity index (χ2n) is 4.32. The Hall–Kier alpha value is -1.61. The number of carboxylic acid groups (broad SMARTS) is 1. The number of nitrogens with zero attached hydrogens (tertiary/aromatic N) is 1. The normalized spacial score (nSPS) is 14.6. The van der Waals surface area contributed by atoms with Gasteiger partial charge in [0.15, 0.2) is 0 Å². The quantitative estimate of drug-likeness (QED) is 0.680. The van der Waals surface area contributed by atoms with Gasteiger partial charge in [-0.3, -0.25) is 4.79 Å². The Morgan fingerprint density at radius 2 is 2.05 bits per heavy atom. The second-order valence-corrected chi connectivity index (χ2v) is 6.09. The number of carbonyl (C=O) groups excluding carboxylic acids is 2. The number of rotatable bonds is 2. The van der Waals surface area contributed by atoms with Gasteiger partial charge in [0.2, 0.25) is 5.91 Å². The van der Waals surface area contributed by atoms with E-state index in [1.54, 1.807) is 6.07 Å². The van der Waals surface area contributed by atoms with Crippen molar-refractivity contribution in [2.75, 3.05) is 25.0 Å². The molecule has 21 heavy (non-hydrogen) atoms.